The molecule has 0 spiro atoms. The van der Waals surface area contributed by atoms with Gasteiger partial charge >= 0.3 is 0 Å². The summed E-state index contributed by atoms with van der Waals surface area (Å²) >= 11 is 0. The molecule has 0 aliphatic rings. The molecule has 0 aliphatic carbocycles. The summed E-state index contributed by atoms with van der Waals surface area (Å²) in [6.45, 7) is 8.29. The van der Waals surface area contributed by atoms with E-state index in [0.29, 0.717) is 53.2 Å². The average molecular weight is 519 g/mol. The van der Waals surface area contributed by atoms with Crippen LogP contribution in [-0.4, -0.2) is 38.2 Å². The van der Waals surface area contributed by atoms with Gasteiger partial charge in [0.25, 0.3) is 5.91 Å². The first-order valence-corrected chi connectivity index (χ1v) is 12.5. The number of methoxy groups -OCH3 is 1. The summed E-state index contributed by atoms with van der Waals surface area (Å²) in [4.78, 5) is 25.5. The van der Waals surface area contributed by atoms with Crippen LogP contribution in [0.25, 0.3) is 6.08 Å². The molecule has 38 heavy (non-hydrogen) atoms. The molecule has 0 bridgehead atoms. The fourth-order valence-electron chi connectivity index (χ4n) is 3.57. The molecule has 0 fully saturated rings. The van der Waals surface area contributed by atoms with Crippen molar-refractivity contribution in [1.82, 2.24) is 0 Å². The summed E-state index contributed by atoms with van der Waals surface area (Å²) in [6, 6.07) is 17.6. The fraction of sp³-hybridized carbons (Fsp3) is 0.267. The first-order chi connectivity index (χ1) is 18.3. The lowest BCUT2D eigenvalue weighted by atomic mass is 10.1. The standard InChI is InChI=1S/C30H34N2O6/c1-6-36-26-19-24(32-30(34)22-11-9-8-10-12-22)27(37-7-2)18-23(26)31-29(33)16-14-21-13-15-25(38-20(3)4)28(17-21)35-5/h8-20H,6-7H2,1-5H3,(H,31,33)(H,32,34)/b16-14+. The van der Waals surface area contributed by atoms with Gasteiger partial charge < -0.3 is 29.6 Å². The topological polar surface area (TPSA) is 95.1 Å². The van der Waals surface area contributed by atoms with Crippen LogP contribution in [0.2, 0.25) is 0 Å². The molecule has 8 nitrogen and oxygen atoms in total. The first kappa shape index (κ1) is 28.1. The van der Waals surface area contributed by atoms with E-state index in [4.69, 9.17) is 18.9 Å². The van der Waals surface area contributed by atoms with Crippen molar-refractivity contribution in [3.8, 4) is 23.0 Å². The molecular formula is C30H34N2O6. The Morgan fingerprint density at radius 3 is 2.03 bits per heavy atom. The van der Waals surface area contributed by atoms with Gasteiger partial charge in [-0.25, -0.2) is 0 Å². The second-order valence-electron chi connectivity index (χ2n) is 8.43. The second kappa shape index (κ2) is 13.7. The normalized spacial score (nSPS) is 10.8. The molecule has 0 aliphatic heterocycles. The predicted octanol–water partition coefficient (Wildman–Crippen LogP) is 6.18. The third-order valence-electron chi connectivity index (χ3n) is 5.20. The molecule has 200 valence electrons. The molecule has 0 atom stereocenters. The number of carbonyl (C=O) groups is 2. The van der Waals surface area contributed by atoms with E-state index < -0.39 is 0 Å². The van der Waals surface area contributed by atoms with Gasteiger partial charge in [-0.15, -0.1) is 0 Å². The third kappa shape index (κ3) is 7.77. The number of ether oxygens (including phenoxy) is 4. The predicted molar refractivity (Wildman–Crippen MR) is 150 cm³/mol. The molecule has 0 unspecified atom stereocenters. The largest absolute Gasteiger partial charge is 0.493 e. The number of anilines is 2. The van der Waals surface area contributed by atoms with Crippen LogP contribution >= 0.6 is 0 Å². The maximum atomic E-state index is 12.8. The molecule has 0 radical (unpaired) electrons. The van der Waals surface area contributed by atoms with Gasteiger partial charge in [-0.1, -0.05) is 24.3 Å². The number of hydrogen-bond donors (Lipinski definition) is 2. The summed E-state index contributed by atoms with van der Waals surface area (Å²) in [7, 11) is 1.57. The number of nitrogens with one attached hydrogen (secondary N) is 2. The van der Waals surface area contributed by atoms with Gasteiger partial charge in [0.2, 0.25) is 5.91 Å². The summed E-state index contributed by atoms with van der Waals surface area (Å²) in [6.07, 6.45) is 3.10. The fourth-order valence-corrected chi connectivity index (χ4v) is 3.57. The monoisotopic (exact) mass is 518 g/mol. The summed E-state index contributed by atoms with van der Waals surface area (Å²) in [5.41, 5.74) is 2.14. The minimum atomic E-state index is -0.365. The molecule has 3 aromatic rings. The van der Waals surface area contributed by atoms with Crippen molar-refractivity contribution in [3.63, 3.8) is 0 Å². The maximum absolute atomic E-state index is 12.8. The number of rotatable bonds is 12. The lowest BCUT2D eigenvalue weighted by molar-refractivity contribution is -0.111. The Hall–Kier alpha value is -4.46. The van der Waals surface area contributed by atoms with Crippen molar-refractivity contribution in [1.29, 1.82) is 0 Å². The van der Waals surface area contributed by atoms with Crippen LogP contribution in [0.4, 0.5) is 11.4 Å². The van der Waals surface area contributed by atoms with Gasteiger partial charge in [0.05, 0.1) is 37.8 Å². The van der Waals surface area contributed by atoms with Crippen LogP contribution in [0.3, 0.4) is 0 Å². The molecule has 0 heterocycles. The quantitative estimate of drug-likeness (QED) is 0.278. The van der Waals surface area contributed by atoms with Crippen molar-refractivity contribution in [3.05, 3.63) is 77.9 Å². The summed E-state index contributed by atoms with van der Waals surface area (Å²) in [5, 5.41) is 5.72. The first-order valence-electron chi connectivity index (χ1n) is 12.5. The van der Waals surface area contributed by atoms with Crippen molar-refractivity contribution in [2.24, 2.45) is 0 Å². The van der Waals surface area contributed by atoms with E-state index in [1.54, 1.807) is 61.7 Å². The minimum absolute atomic E-state index is 0.00947. The summed E-state index contributed by atoms with van der Waals surface area (Å²) < 4.78 is 22.7. The van der Waals surface area contributed by atoms with E-state index in [2.05, 4.69) is 10.6 Å². The molecule has 0 saturated heterocycles. The summed E-state index contributed by atoms with van der Waals surface area (Å²) in [5.74, 6) is 1.37. The smallest absolute Gasteiger partial charge is 0.255 e. The van der Waals surface area contributed by atoms with E-state index in [9.17, 15) is 9.59 Å². The Morgan fingerprint density at radius 1 is 0.816 bits per heavy atom. The van der Waals surface area contributed by atoms with Crippen LogP contribution in [0.1, 0.15) is 43.6 Å². The van der Waals surface area contributed by atoms with Gasteiger partial charge in [0.15, 0.2) is 11.5 Å². The zero-order chi connectivity index (χ0) is 27.5. The lowest BCUT2D eigenvalue weighted by Crippen LogP contribution is -2.14. The Balaban J connectivity index is 1.82. The van der Waals surface area contributed by atoms with Gasteiger partial charge in [0.1, 0.15) is 11.5 Å². The molecule has 8 heteroatoms. The molecule has 2 N–H and O–H groups in total. The number of amides is 2. The highest BCUT2D eigenvalue weighted by molar-refractivity contribution is 6.06. The van der Waals surface area contributed by atoms with E-state index in [-0.39, 0.29) is 17.9 Å². The molecule has 3 aromatic carbocycles. The SMILES string of the molecule is CCOc1cc(NC(=O)c2ccccc2)c(OCC)cc1NC(=O)/C=C/c1ccc(OC(C)C)c(OC)c1. The van der Waals surface area contributed by atoms with Gasteiger partial charge in [-0.05, 0) is 63.6 Å². The van der Waals surface area contributed by atoms with Crippen molar-refractivity contribution in [2.75, 3.05) is 31.0 Å². The van der Waals surface area contributed by atoms with Crippen LogP contribution < -0.4 is 29.6 Å². The van der Waals surface area contributed by atoms with Crippen molar-refractivity contribution < 1.29 is 28.5 Å². The average Bonchev–Trinajstić information content (AvgIpc) is 2.90. The van der Waals surface area contributed by atoms with Crippen molar-refractivity contribution >= 4 is 29.3 Å². The molecule has 3 rings (SSSR count). The Labute approximate surface area is 223 Å². The zero-order valence-electron chi connectivity index (χ0n) is 22.4. The number of carbonyl (C=O) groups excluding carboxylic acids is 2. The van der Waals surface area contributed by atoms with E-state index in [1.165, 1.54) is 6.08 Å². The van der Waals surface area contributed by atoms with Crippen LogP contribution in [-0.2, 0) is 4.79 Å². The van der Waals surface area contributed by atoms with E-state index in [1.807, 2.05) is 39.8 Å². The highest BCUT2D eigenvalue weighted by Crippen LogP contribution is 2.37. The minimum Gasteiger partial charge on any atom is -0.493 e. The maximum Gasteiger partial charge on any atom is 0.255 e. The van der Waals surface area contributed by atoms with Crippen LogP contribution in [0.15, 0.2) is 66.7 Å². The zero-order valence-corrected chi connectivity index (χ0v) is 22.4. The third-order valence-corrected chi connectivity index (χ3v) is 5.20. The Bertz CT molecular complexity index is 1270. The molecule has 0 saturated carbocycles. The van der Waals surface area contributed by atoms with Gasteiger partial charge in [-0.2, -0.15) is 0 Å². The highest BCUT2D eigenvalue weighted by Gasteiger charge is 2.16. The number of benzene rings is 3. The lowest BCUT2D eigenvalue weighted by Gasteiger charge is -2.17. The Morgan fingerprint density at radius 2 is 1.45 bits per heavy atom. The van der Waals surface area contributed by atoms with Gasteiger partial charge in [-0.3, -0.25) is 9.59 Å². The highest BCUT2D eigenvalue weighted by atomic mass is 16.5. The Kier molecular flexibility index (Phi) is 10.2. The van der Waals surface area contributed by atoms with Crippen LogP contribution in [0, 0.1) is 0 Å². The number of hydrogen-bond acceptors (Lipinski definition) is 6. The molecule has 0 aromatic heterocycles. The van der Waals surface area contributed by atoms with Crippen LogP contribution in [0.5, 0.6) is 23.0 Å². The molecule has 2 amide bonds. The second-order valence-corrected chi connectivity index (χ2v) is 8.43. The van der Waals surface area contributed by atoms with Gasteiger partial charge in [0, 0.05) is 23.8 Å². The van der Waals surface area contributed by atoms with Crippen molar-refractivity contribution in [2.45, 2.75) is 33.8 Å². The molecular weight excluding hydrogens is 484 g/mol. The van der Waals surface area contributed by atoms with E-state index in [0.717, 1.165) is 5.56 Å². The van der Waals surface area contributed by atoms with E-state index >= 15 is 0 Å².